The van der Waals surface area contributed by atoms with Crippen molar-refractivity contribution in [3.8, 4) is 5.75 Å². The Hall–Kier alpha value is -1.80. The number of carbonyl (C=O) groups is 1. The van der Waals surface area contributed by atoms with E-state index in [0.717, 1.165) is 21.3 Å². The van der Waals surface area contributed by atoms with Crippen molar-refractivity contribution in [2.45, 2.75) is 26.9 Å². The van der Waals surface area contributed by atoms with Crippen molar-refractivity contribution < 1.29 is 19.5 Å². The predicted molar refractivity (Wildman–Crippen MR) is 101 cm³/mol. The first-order valence-electron chi connectivity index (χ1n) is 7.54. The molecule has 5 nitrogen and oxygen atoms in total. The number of hydroxylamine groups is 1. The molecule has 128 valence electrons. The number of carbonyl (C=O) groups excluding carboxylic acids is 1. The molecule has 0 aliphatic heterocycles. The molecule has 0 fully saturated rings. The third kappa shape index (κ3) is 4.39. The van der Waals surface area contributed by atoms with Gasteiger partial charge < -0.3 is 9.47 Å². The molecule has 2 aromatic carbocycles. The second kappa shape index (κ2) is 8.34. The number of nitrogens with zero attached hydrogens (tertiary/aromatic N) is 1. The van der Waals surface area contributed by atoms with E-state index in [4.69, 9.17) is 4.74 Å². The lowest BCUT2D eigenvalue weighted by Crippen LogP contribution is -2.28. The molecule has 6 heteroatoms. The van der Waals surface area contributed by atoms with Gasteiger partial charge in [0.2, 0.25) is 0 Å². The minimum atomic E-state index is -0.846. The molecule has 2 rings (SSSR count). The number of methoxy groups -OCH3 is 1. The summed E-state index contributed by atoms with van der Waals surface area (Å²) in [6, 6.07) is 11.5. The van der Waals surface area contributed by atoms with E-state index in [9.17, 15) is 10.0 Å². The predicted octanol–water partition coefficient (Wildman–Crippen LogP) is 4.70. The van der Waals surface area contributed by atoms with Crippen LogP contribution >= 0.6 is 22.6 Å². The molecule has 0 bridgehead atoms. The highest BCUT2D eigenvalue weighted by molar-refractivity contribution is 14.1. The van der Waals surface area contributed by atoms with Crippen molar-refractivity contribution in [2.75, 3.05) is 12.2 Å². The average molecular weight is 441 g/mol. The number of aryl methyl sites for hydroxylation is 2. The maximum Gasteiger partial charge on any atom is 0.438 e. The van der Waals surface area contributed by atoms with Gasteiger partial charge in [-0.2, -0.15) is 5.06 Å². The zero-order chi connectivity index (χ0) is 17.7. The largest absolute Gasteiger partial charge is 0.489 e. The van der Waals surface area contributed by atoms with Crippen molar-refractivity contribution in [1.29, 1.82) is 0 Å². The normalized spacial score (nSPS) is 10.4. The average Bonchev–Trinajstić information content (AvgIpc) is 2.59. The summed E-state index contributed by atoms with van der Waals surface area (Å²) in [6.45, 7) is 4.33. The van der Waals surface area contributed by atoms with Crippen molar-refractivity contribution in [3.05, 3.63) is 56.7 Å². The van der Waals surface area contributed by atoms with Crippen molar-refractivity contribution in [3.63, 3.8) is 0 Å². The van der Waals surface area contributed by atoms with Gasteiger partial charge in [-0.25, -0.2) is 4.79 Å². The molecular weight excluding hydrogens is 421 g/mol. The first-order valence-corrected chi connectivity index (χ1v) is 8.61. The second-order valence-corrected chi connectivity index (χ2v) is 6.54. The lowest BCUT2D eigenvalue weighted by Gasteiger charge is -2.18. The van der Waals surface area contributed by atoms with E-state index in [1.165, 1.54) is 12.7 Å². The van der Waals surface area contributed by atoms with E-state index in [2.05, 4.69) is 40.3 Å². The second-order valence-electron chi connectivity index (χ2n) is 5.30. The molecule has 0 heterocycles. The van der Waals surface area contributed by atoms with E-state index < -0.39 is 6.09 Å². The van der Waals surface area contributed by atoms with Crippen LogP contribution in [0.2, 0.25) is 0 Å². The minimum Gasteiger partial charge on any atom is -0.489 e. The molecule has 0 saturated heterocycles. The van der Waals surface area contributed by atoms with Crippen LogP contribution in [0.3, 0.4) is 0 Å². The number of ether oxygens (including phenoxy) is 2. The number of hydrogen-bond acceptors (Lipinski definition) is 4. The summed E-state index contributed by atoms with van der Waals surface area (Å²) in [5.74, 6) is 0.777. The molecule has 0 aromatic heterocycles. The molecule has 0 aliphatic carbocycles. The molecule has 0 atom stereocenters. The van der Waals surface area contributed by atoms with E-state index >= 15 is 0 Å². The summed E-state index contributed by atoms with van der Waals surface area (Å²) in [5, 5.41) is 10.5. The Bertz CT molecular complexity index is 733. The van der Waals surface area contributed by atoms with Gasteiger partial charge in [0.15, 0.2) is 0 Å². The highest BCUT2D eigenvalue weighted by atomic mass is 127. The van der Waals surface area contributed by atoms with Crippen LogP contribution in [0.4, 0.5) is 10.5 Å². The summed E-state index contributed by atoms with van der Waals surface area (Å²) in [5.41, 5.74) is 3.33. The quantitative estimate of drug-likeness (QED) is 0.415. The van der Waals surface area contributed by atoms with Crippen LogP contribution in [0.1, 0.15) is 23.6 Å². The maximum absolute atomic E-state index is 11.6. The summed E-state index contributed by atoms with van der Waals surface area (Å²) in [7, 11) is 1.22. The van der Waals surface area contributed by atoms with Gasteiger partial charge in [0.1, 0.15) is 12.4 Å². The van der Waals surface area contributed by atoms with Crippen LogP contribution in [0.15, 0.2) is 36.4 Å². The number of hydrogen-bond donors (Lipinski definition) is 1. The number of benzene rings is 2. The first-order chi connectivity index (χ1) is 11.5. The van der Waals surface area contributed by atoms with E-state index in [0.29, 0.717) is 16.3 Å². The fourth-order valence-electron chi connectivity index (χ4n) is 2.29. The van der Waals surface area contributed by atoms with Gasteiger partial charge in [-0.1, -0.05) is 25.1 Å². The molecule has 1 N–H and O–H groups in total. The number of halogens is 1. The van der Waals surface area contributed by atoms with Crippen LogP contribution in [0.5, 0.6) is 5.75 Å². The fourth-order valence-corrected chi connectivity index (χ4v) is 2.76. The first kappa shape index (κ1) is 18.5. The molecule has 0 aliphatic rings. The fraction of sp³-hybridized carbons (Fsp3) is 0.278. The monoisotopic (exact) mass is 441 g/mol. The Morgan fingerprint density at radius 3 is 2.62 bits per heavy atom. The minimum absolute atomic E-state index is 0.229. The summed E-state index contributed by atoms with van der Waals surface area (Å²) in [6.07, 6.45) is 0.128. The van der Waals surface area contributed by atoms with E-state index in [1.54, 1.807) is 6.07 Å². The van der Waals surface area contributed by atoms with Gasteiger partial charge >= 0.3 is 6.09 Å². The molecule has 2 aromatic rings. The van der Waals surface area contributed by atoms with Crippen LogP contribution in [-0.4, -0.2) is 18.4 Å². The number of rotatable bonds is 5. The van der Waals surface area contributed by atoms with Gasteiger partial charge in [-0.15, -0.1) is 0 Å². The smallest absolute Gasteiger partial charge is 0.438 e. The van der Waals surface area contributed by atoms with E-state index in [1.807, 2.05) is 31.2 Å². The standard InChI is InChI=1S/C18H20INO4/c1-4-13-5-8-17(12(2)9-13)24-11-14-6-7-15(19)10-16(14)20(22)18(21)23-3/h5-10,22H,4,11H2,1-3H3. The van der Waals surface area contributed by atoms with Crippen LogP contribution < -0.4 is 9.80 Å². The Labute approximate surface area is 155 Å². The molecule has 0 saturated carbocycles. The van der Waals surface area contributed by atoms with E-state index in [-0.39, 0.29) is 6.61 Å². The molecule has 0 radical (unpaired) electrons. The summed E-state index contributed by atoms with van der Waals surface area (Å²) >= 11 is 2.11. The van der Waals surface area contributed by atoms with Crippen molar-refractivity contribution in [2.24, 2.45) is 0 Å². The highest BCUT2D eigenvalue weighted by Gasteiger charge is 2.18. The molecule has 0 spiro atoms. The van der Waals surface area contributed by atoms with Crippen LogP contribution in [-0.2, 0) is 17.8 Å². The van der Waals surface area contributed by atoms with Gasteiger partial charge in [0.25, 0.3) is 0 Å². The number of anilines is 1. The van der Waals surface area contributed by atoms with Crippen molar-refractivity contribution in [1.82, 2.24) is 0 Å². The Morgan fingerprint density at radius 1 is 1.25 bits per heavy atom. The Morgan fingerprint density at radius 2 is 2.00 bits per heavy atom. The zero-order valence-electron chi connectivity index (χ0n) is 13.9. The summed E-state index contributed by atoms with van der Waals surface area (Å²) < 4.78 is 11.3. The topological polar surface area (TPSA) is 59.0 Å². The molecule has 1 amide bonds. The molecular formula is C18H20INO4. The zero-order valence-corrected chi connectivity index (χ0v) is 16.0. The van der Waals surface area contributed by atoms with Gasteiger partial charge in [0.05, 0.1) is 12.8 Å². The third-order valence-corrected chi connectivity index (χ3v) is 4.32. The van der Waals surface area contributed by atoms with Gasteiger partial charge in [-0.3, -0.25) is 5.21 Å². The lowest BCUT2D eigenvalue weighted by atomic mass is 10.1. The van der Waals surface area contributed by atoms with Crippen LogP contribution in [0, 0.1) is 10.5 Å². The lowest BCUT2D eigenvalue weighted by molar-refractivity contribution is 0.140. The van der Waals surface area contributed by atoms with Gasteiger partial charge in [-0.05, 0) is 65.3 Å². The molecule has 24 heavy (non-hydrogen) atoms. The highest BCUT2D eigenvalue weighted by Crippen LogP contribution is 2.26. The SMILES string of the molecule is CCc1ccc(OCc2ccc(I)cc2N(O)C(=O)OC)c(C)c1. The van der Waals surface area contributed by atoms with Gasteiger partial charge in [0, 0.05) is 9.13 Å². The summed E-state index contributed by atoms with van der Waals surface area (Å²) in [4.78, 5) is 11.6. The third-order valence-electron chi connectivity index (χ3n) is 3.65. The van der Waals surface area contributed by atoms with Crippen LogP contribution in [0.25, 0.3) is 0 Å². The number of amides is 1. The van der Waals surface area contributed by atoms with Crippen molar-refractivity contribution >= 4 is 34.4 Å². The Balaban J connectivity index is 2.22. The maximum atomic E-state index is 11.6. The Kier molecular flexibility index (Phi) is 6.44. The molecule has 0 unspecified atom stereocenters.